The van der Waals surface area contributed by atoms with Crippen molar-refractivity contribution in [2.24, 2.45) is 5.92 Å². The van der Waals surface area contributed by atoms with E-state index < -0.39 is 29.7 Å². The van der Waals surface area contributed by atoms with Crippen molar-refractivity contribution in [3.05, 3.63) is 104 Å². The molecule has 0 aromatic heterocycles. The number of anilines is 1. The number of hydrogen-bond donors (Lipinski definition) is 3. The van der Waals surface area contributed by atoms with Crippen LogP contribution >= 0.6 is 0 Å². The molecule has 0 aliphatic rings. The smallest absolute Gasteiger partial charge is 0.306 e. The molecule has 3 rings (SSSR count). The van der Waals surface area contributed by atoms with E-state index in [1.165, 1.54) is 11.0 Å². The minimum atomic E-state index is -1.22. The monoisotopic (exact) mass is 585 g/mol. The maximum absolute atomic E-state index is 13.5. The van der Waals surface area contributed by atoms with Crippen LogP contribution in [0, 0.1) is 5.92 Å². The molecular formula is C34H39N3O6. The zero-order chi connectivity index (χ0) is 31.0. The maximum atomic E-state index is 13.5. The lowest BCUT2D eigenvalue weighted by Crippen LogP contribution is -2.49. The highest BCUT2D eigenvalue weighted by Gasteiger charge is 2.29. The highest BCUT2D eigenvalue weighted by molar-refractivity contribution is 5.99. The molecule has 0 fully saturated rings. The van der Waals surface area contributed by atoms with Crippen molar-refractivity contribution in [2.45, 2.75) is 38.3 Å². The predicted octanol–water partition coefficient (Wildman–Crippen LogP) is 4.38. The van der Waals surface area contributed by atoms with Crippen molar-refractivity contribution < 1.29 is 29.0 Å². The number of carbonyl (C=O) groups is 4. The highest BCUT2D eigenvalue weighted by Crippen LogP contribution is 2.20. The molecule has 43 heavy (non-hydrogen) atoms. The number of nitrogens with one attached hydrogen (secondary N) is 2. The molecular weight excluding hydrogens is 546 g/mol. The lowest BCUT2D eigenvalue weighted by molar-refractivity contribution is -0.146. The SMILES string of the molecule is C=CCCC(=O)OC[C@H](NC(=O)[C@H](CC=C)CC(=O)N(CCO)Cc1ccccc1)C(=O)Nc1ccc2ccccc2c1. The van der Waals surface area contributed by atoms with E-state index in [4.69, 9.17) is 4.74 Å². The number of nitrogens with zero attached hydrogens (tertiary/aromatic N) is 1. The van der Waals surface area contributed by atoms with Crippen LogP contribution in [0.4, 0.5) is 5.69 Å². The van der Waals surface area contributed by atoms with Crippen molar-refractivity contribution in [1.82, 2.24) is 10.2 Å². The number of esters is 1. The third kappa shape index (κ3) is 10.5. The van der Waals surface area contributed by atoms with Gasteiger partial charge in [-0.25, -0.2) is 0 Å². The van der Waals surface area contributed by atoms with Gasteiger partial charge in [-0.15, -0.1) is 13.2 Å². The molecule has 226 valence electrons. The Morgan fingerprint density at radius 2 is 1.63 bits per heavy atom. The normalized spacial score (nSPS) is 12.0. The van der Waals surface area contributed by atoms with Crippen molar-refractivity contribution >= 4 is 40.2 Å². The summed E-state index contributed by atoms with van der Waals surface area (Å²) < 4.78 is 5.31. The molecule has 9 nitrogen and oxygen atoms in total. The first-order chi connectivity index (χ1) is 20.8. The van der Waals surface area contributed by atoms with Crippen LogP contribution in [0.25, 0.3) is 10.8 Å². The molecule has 0 spiro atoms. The van der Waals surface area contributed by atoms with Crippen LogP contribution in [-0.2, 0) is 30.5 Å². The topological polar surface area (TPSA) is 125 Å². The molecule has 0 aliphatic carbocycles. The van der Waals surface area contributed by atoms with Gasteiger partial charge in [0.15, 0.2) is 0 Å². The Morgan fingerprint density at radius 1 is 0.907 bits per heavy atom. The highest BCUT2D eigenvalue weighted by atomic mass is 16.5. The number of allylic oxidation sites excluding steroid dienone is 2. The first-order valence-corrected chi connectivity index (χ1v) is 14.2. The molecule has 0 aliphatic heterocycles. The molecule has 3 aromatic rings. The second kappa shape index (κ2) is 17.3. The fourth-order valence-electron chi connectivity index (χ4n) is 4.48. The maximum Gasteiger partial charge on any atom is 0.306 e. The Labute approximate surface area is 252 Å². The first kappa shape index (κ1) is 32.8. The molecule has 0 radical (unpaired) electrons. The van der Waals surface area contributed by atoms with E-state index in [0.717, 1.165) is 16.3 Å². The van der Waals surface area contributed by atoms with Gasteiger partial charge in [-0.3, -0.25) is 19.2 Å². The van der Waals surface area contributed by atoms with Gasteiger partial charge >= 0.3 is 5.97 Å². The van der Waals surface area contributed by atoms with Gasteiger partial charge in [0.05, 0.1) is 12.5 Å². The standard InChI is InChI=1S/C34H39N3O6/c1-3-5-16-32(40)43-24-30(34(42)35-29-18-17-26-14-9-10-15-27(26)21-29)36-33(41)28(11-4-2)22-31(39)37(19-20-38)23-25-12-7-6-8-13-25/h3-4,6-10,12-15,17-18,21,28,30,38H,1-2,5,11,16,19-20,22-24H2,(H,35,42)(H,36,41)/t28-,30+/m1/s1. The molecule has 3 N–H and O–H groups in total. The summed E-state index contributed by atoms with van der Waals surface area (Å²) in [5, 5.41) is 16.9. The lowest BCUT2D eigenvalue weighted by Gasteiger charge is -2.25. The molecule has 0 heterocycles. The van der Waals surface area contributed by atoms with E-state index in [2.05, 4.69) is 23.8 Å². The van der Waals surface area contributed by atoms with E-state index in [9.17, 15) is 24.3 Å². The van der Waals surface area contributed by atoms with Gasteiger partial charge in [0, 0.05) is 31.6 Å². The Hall–Kier alpha value is -4.76. The van der Waals surface area contributed by atoms with E-state index in [-0.39, 0.29) is 51.5 Å². The first-order valence-electron chi connectivity index (χ1n) is 14.2. The minimum Gasteiger partial charge on any atom is -0.463 e. The fraction of sp³-hybridized carbons (Fsp3) is 0.294. The van der Waals surface area contributed by atoms with Crippen molar-refractivity contribution in [2.75, 3.05) is 25.1 Å². The number of ether oxygens (including phenoxy) is 1. The van der Waals surface area contributed by atoms with Crippen molar-refractivity contribution in [1.29, 1.82) is 0 Å². The summed E-state index contributed by atoms with van der Waals surface area (Å²) in [5.41, 5.74) is 1.40. The average molecular weight is 586 g/mol. The summed E-state index contributed by atoms with van der Waals surface area (Å²) in [6.45, 7) is 7.07. The van der Waals surface area contributed by atoms with Gasteiger partial charge in [0.25, 0.3) is 5.91 Å². The minimum absolute atomic E-state index is 0.0894. The largest absolute Gasteiger partial charge is 0.463 e. The number of benzene rings is 3. The molecule has 2 atom stereocenters. The van der Waals surface area contributed by atoms with Gasteiger partial charge in [-0.2, -0.15) is 0 Å². The van der Waals surface area contributed by atoms with E-state index in [0.29, 0.717) is 12.1 Å². The molecule has 0 saturated carbocycles. The molecule has 0 bridgehead atoms. The van der Waals surface area contributed by atoms with Crippen molar-refractivity contribution in [3.8, 4) is 0 Å². The number of aliphatic hydroxyl groups is 1. The van der Waals surface area contributed by atoms with Crippen LogP contribution in [0.1, 0.15) is 31.2 Å². The number of aliphatic hydroxyl groups excluding tert-OH is 1. The molecule has 3 amide bonds. The van der Waals surface area contributed by atoms with Gasteiger partial charge in [0.2, 0.25) is 11.8 Å². The number of rotatable bonds is 17. The van der Waals surface area contributed by atoms with Crippen LogP contribution in [0.2, 0.25) is 0 Å². The van der Waals surface area contributed by atoms with Crippen LogP contribution in [0.3, 0.4) is 0 Å². The summed E-state index contributed by atoms with van der Waals surface area (Å²) in [6.07, 6.45) is 3.63. The van der Waals surface area contributed by atoms with E-state index >= 15 is 0 Å². The third-order valence-corrected chi connectivity index (χ3v) is 6.80. The zero-order valence-electron chi connectivity index (χ0n) is 24.2. The number of fused-ring (bicyclic) bond motifs is 1. The summed E-state index contributed by atoms with van der Waals surface area (Å²) in [4.78, 5) is 53.7. The summed E-state index contributed by atoms with van der Waals surface area (Å²) in [6, 6.07) is 21.2. The zero-order valence-corrected chi connectivity index (χ0v) is 24.2. The van der Waals surface area contributed by atoms with Gasteiger partial charge in [-0.05, 0) is 41.3 Å². The Balaban J connectivity index is 1.74. The van der Waals surface area contributed by atoms with Gasteiger partial charge < -0.3 is 25.4 Å². The Morgan fingerprint density at radius 3 is 2.33 bits per heavy atom. The van der Waals surface area contributed by atoms with Crippen molar-refractivity contribution in [3.63, 3.8) is 0 Å². The summed E-state index contributed by atoms with van der Waals surface area (Å²) in [5.74, 6) is -2.83. The second-order valence-corrected chi connectivity index (χ2v) is 10.1. The molecule has 0 unspecified atom stereocenters. The van der Waals surface area contributed by atoms with E-state index in [1.807, 2.05) is 66.7 Å². The number of amides is 3. The van der Waals surface area contributed by atoms with Crippen LogP contribution < -0.4 is 10.6 Å². The second-order valence-electron chi connectivity index (χ2n) is 10.1. The predicted molar refractivity (Wildman–Crippen MR) is 167 cm³/mol. The Kier molecular flexibility index (Phi) is 13.1. The Bertz CT molecular complexity index is 1410. The summed E-state index contributed by atoms with van der Waals surface area (Å²) in [7, 11) is 0. The number of hydrogen-bond acceptors (Lipinski definition) is 6. The van der Waals surface area contributed by atoms with Crippen LogP contribution in [0.15, 0.2) is 98.1 Å². The third-order valence-electron chi connectivity index (χ3n) is 6.80. The summed E-state index contributed by atoms with van der Waals surface area (Å²) >= 11 is 0. The van der Waals surface area contributed by atoms with Gasteiger partial charge in [-0.1, -0.05) is 72.8 Å². The van der Waals surface area contributed by atoms with Crippen LogP contribution in [-0.4, -0.2) is 59.5 Å². The van der Waals surface area contributed by atoms with E-state index in [1.54, 1.807) is 12.1 Å². The van der Waals surface area contributed by atoms with Crippen LogP contribution in [0.5, 0.6) is 0 Å². The van der Waals surface area contributed by atoms with Gasteiger partial charge in [0.1, 0.15) is 12.6 Å². The average Bonchev–Trinajstić information content (AvgIpc) is 3.01. The number of carbonyl (C=O) groups excluding carboxylic acids is 4. The molecule has 0 saturated heterocycles. The molecule has 3 aromatic carbocycles. The fourth-order valence-corrected chi connectivity index (χ4v) is 4.48. The lowest BCUT2D eigenvalue weighted by atomic mass is 9.98. The molecule has 9 heteroatoms. The quantitative estimate of drug-likeness (QED) is 0.160.